The maximum atomic E-state index is 4.76. The van der Waals surface area contributed by atoms with Gasteiger partial charge in [0.25, 0.3) is 0 Å². The maximum absolute atomic E-state index is 4.76. The molecule has 0 fully saturated rings. The summed E-state index contributed by atoms with van der Waals surface area (Å²) in [6.07, 6.45) is 6.58. The Morgan fingerprint density at radius 1 is 1.10 bits per heavy atom. The molecular weight excluding hydrogens is 260 g/mol. The zero-order chi connectivity index (χ0) is 14.1. The van der Waals surface area contributed by atoms with Crippen molar-refractivity contribution in [3.63, 3.8) is 0 Å². The molecule has 3 aromatic heterocycles. The highest BCUT2D eigenvalue weighted by Gasteiger charge is 2.18. The van der Waals surface area contributed by atoms with E-state index in [4.69, 9.17) is 4.98 Å². The Morgan fingerprint density at radius 3 is 2.95 bits per heavy atom. The van der Waals surface area contributed by atoms with Gasteiger partial charge >= 0.3 is 0 Å². The fourth-order valence-corrected chi connectivity index (χ4v) is 2.90. The van der Waals surface area contributed by atoms with Crippen LogP contribution in [0.1, 0.15) is 16.8 Å². The van der Waals surface area contributed by atoms with E-state index in [1.54, 1.807) is 0 Å². The molecular formula is C17H16N4. The summed E-state index contributed by atoms with van der Waals surface area (Å²) < 4.78 is 0. The topological polar surface area (TPSA) is 41.9 Å². The van der Waals surface area contributed by atoms with Crippen LogP contribution in [0.2, 0.25) is 0 Å². The Hall–Kier alpha value is -2.33. The summed E-state index contributed by atoms with van der Waals surface area (Å²) in [5.41, 5.74) is 5.76. The van der Waals surface area contributed by atoms with Gasteiger partial charge in [-0.3, -0.25) is 19.9 Å². The third-order valence-corrected chi connectivity index (χ3v) is 3.94. The average molecular weight is 276 g/mol. The van der Waals surface area contributed by atoms with Crippen LogP contribution in [0.15, 0.2) is 48.9 Å². The van der Waals surface area contributed by atoms with Crippen molar-refractivity contribution in [2.75, 3.05) is 6.54 Å². The van der Waals surface area contributed by atoms with Crippen LogP contribution in [-0.4, -0.2) is 26.4 Å². The SMILES string of the molecule is c1cncc(CN2CCc3nc4cccnc4cc3C2)c1. The molecule has 0 radical (unpaired) electrons. The molecule has 0 spiro atoms. The fourth-order valence-electron chi connectivity index (χ4n) is 2.90. The molecule has 4 rings (SSSR count). The first-order chi connectivity index (χ1) is 10.4. The van der Waals surface area contributed by atoms with E-state index >= 15 is 0 Å². The van der Waals surface area contributed by atoms with E-state index in [9.17, 15) is 0 Å². The first kappa shape index (κ1) is 12.4. The number of hydrogen-bond acceptors (Lipinski definition) is 4. The Labute approximate surface area is 123 Å². The van der Waals surface area contributed by atoms with Crippen LogP contribution in [0.5, 0.6) is 0 Å². The van der Waals surface area contributed by atoms with Gasteiger partial charge in [-0.1, -0.05) is 6.07 Å². The molecule has 0 saturated carbocycles. The molecule has 21 heavy (non-hydrogen) atoms. The molecule has 0 saturated heterocycles. The summed E-state index contributed by atoms with van der Waals surface area (Å²) in [5, 5.41) is 0. The molecule has 0 aromatic carbocycles. The van der Waals surface area contributed by atoms with Crippen molar-refractivity contribution in [1.29, 1.82) is 0 Å². The van der Waals surface area contributed by atoms with E-state index in [0.29, 0.717) is 0 Å². The minimum absolute atomic E-state index is 0.934. The highest BCUT2D eigenvalue weighted by molar-refractivity contribution is 5.74. The van der Waals surface area contributed by atoms with Gasteiger partial charge in [0.1, 0.15) is 0 Å². The van der Waals surface area contributed by atoms with Gasteiger partial charge in [-0.2, -0.15) is 0 Å². The molecule has 3 aromatic rings. The lowest BCUT2D eigenvalue weighted by atomic mass is 10.0. The quantitative estimate of drug-likeness (QED) is 0.721. The van der Waals surface area contributed by atoms with Gasteiger partial charge in [0, 0.05) is 50.3 Å². The van der Waals surface area contributed by atoms with Gasteiger partial charge < -0.3 is 0 Å². The Kier molecular flexibility index (Phi) is 3.09. The van der Waals surface area contributed by atoms with E-state index in [-0.39, 0.29) is 0 Å². The second-order valence-electron chi connectivity index (χ2n) is 5.46. The van der Waals surface area contributed by atoms with Crippen LogP contribution in [-0.2, 0) is 19.5 Å². The highest BCUT2D eigenvalue weighted by Crippen LogP contribution is 2.22. The average Bonchev–Trinajstić information content (AvgIpc) is 2.54. The van der Waals surface area contributed by atoms with E-state index < -0.39 is 0 Å². The molecule has 1 aliphatic rings. The normalized spacial score (nSPS) is 15.0. The molecule has 4 nitrogen and oxygen atoms in total. The molecule has 0 bridgehead atoms. The summed E-state index contributed by atoms with van der Waals surface area (Å²) >= 11 is 0. The summed E-state index contributed by atoms with van der Waals surface area (Å²) in [7, 11) is 0. The van der Waals surface area contributed by atoms with Crippen molar-refractivity contribution >= 4 is 11.0 Å². The van der Waals surface area contributed by atoms with Crippen molar-refractivity contribution in [3.05, 3.63) is 65.7 Å². The minimum Gasteiger partial charge on any atom is -0.294 e. The monoisotopic (exact) mass is 276 g/mol. The molecule has 4 heteroatoms. The molecule has 0 N–H and O–H groups in total. The zero-order valence-corrected chi connectivity index (χ0v) is 11.7. The predicted octanol–water partition coefficient (Wildman–Crippen LogP) is 2.58. The Bertz CT molecular complexity index is 770. The Balaban J connectivity index is 1.61. The summed E-state index contributed by atoms with van der Waals surface area (Å²) in [6.45, 7) is 2.91. The summed E-state index contributed by atoms with van der Waals surface area (Å²) in [5.74, 6) is 0. The van der Waals surface area contributed by atoms with Gasteiger partial charge in [-0.15, -0.1) is 0 Å². The van der Waals surface area contributed by atoms with Gasteiger partial charge in [0.15, 0.2) is 0 Å². The zero-order valence-electron chi connectivity index (χ0n) is 11.7. The summed E-state index contributed by atoms with van der Waals surface area (Å²) in [4.78, 5) is 15.8. The van der Waals surface area contributed by atoms with Crippen LogP contribution in [0, 0.1) is 0 Å². The van der Waals surface area contributed by atoms with Crippen LogP contribution in [0.25, 0.3) is 11.0 Å². The summed E-state index contributed by atoms with van der Waals surface area (Å²) in [6, 6.07) is 10.3. The number of hydrogen-bond donors (Lipinski definition) is 0. The molecule has 4 heterocycles. The molecule has 0 amide bonds. The van der Waals surface area contributed by atoms with Gasteiger partial charge in [-0.25, -0.2) is 0 Å². The molecule has 0 unspecified atom stereocenters. The number of aromatic nitrogens is 3. The van der Waals surface area contributed by atoms with Crippen LogP contribution < -0.4 is 0 Å². The number of pyridine rings is 3. The number of fused-ring (bicyclic) bond motifs is 2. The lowest BCUT2D eigenvalue weighted by molar-refractivity contribution is 0.243. The first-order valence-electron chi connectivity index (χ1n) is 7.23. The number of rotatable bonds is 2. The third kappa shape index (κ3) is 2.50. The first-order valence-corrected chi connectivity index (χ1v) is 7.23. The van der Waals surface area contributed by atoms with Crippen LogP contribution >= 0.6 is 0 Å². The third-order valence-electron chi connectivity index (χ3n) is 3.94. The highest BCUT2D eigenvalue weighted by atomic mass is 15.1. The molecule has 0 atom stereocenters. The number of nitrogens with zero attached hydrogens (tertiary/aromatic N) is 4. The molecule has 0 aliphatic carbocycles. The predicted molar refractivity (Wildman–Crippen MR) is 81.6 cm³/mol. The van der Waals surface area contributed by atoms with E-state index in [2.05, 4.69) is 27.0 Å². The standard InChI is InChI=1S/C17H16N4/c1-3-13(10-18-6-1)11-21-8-5-15-14(12-21)9-17-16(20-15)4-2-7-19-17/h1-4,6-7,9-10H,5,8,11-12H2. The van der Waals surface area contributed by atoms with Crippen molar-refractivity contribution in [3.8, 4) is 0 Å². The largest absolute Gasteiger partial charge is 0.294 e. The van der Waals surface area contributed by atoms with Crippen molar-refractivity contribution in [2.24, 2.45) is 0 Å². The van der Waals surface area contributed by atoms with Gasteiger partial charge in [-0.05, 0) is 35.4 Å². The van der Waals surface area contributed by atoms with E-state index in [1.807, 2.05) is 36.8 Å². The van der Waals surface area contributed by atoms with Crippen LogP contribution in [0.4, 0.5) is 0 Å². The lowest BCUT2D eigenvalue weighted by Gasteiger charge is -2.28. The van der Waals surface area contributed by atoms with Crippen molar-refractivity contribution < 1.29 is 0 Å². The molecule has 104 valence electrons. The Morgan fingerprint density at radius 2 is 2.05 bits per heavy atom. The lowest BCUT2D eigenvalue weighted by Crippen LogP contribution is -2.30. The minimum atomic E-state index is 0.934. The fraction of sp³-hybridized carbons (Fsp3) is 0.235. The van der Waals surface area contributed by atoms with E-state index in [0.717, 1.165) is 37.1 Å². The van der Waals surface area contributed by atoms with Crippen molar-refractivity contribution in [1.82, 2.24) is 19.9 Å². The maximum Gasteiger partial charge on any atom is 0.0890 e. The van der Waals surface area contributed by atoms with E-state index in [1.165, 1.54) is 16.8 Å². The second-order valence-corrected chi connectivity index (χ2v) is 5.46. The van der Waals surface area contributed by atoms with Crippen LogP contribution in [0.3, 0.4) is 0 Å². The smallest absolute Gasteiger partial charge is 0.0890 e. The van der Waals surface area contributed by atoms with Crippen molar-refractivity contribution in [2.45, 2.75) is 19.5 Å². The van der Waals surface area contributed by atoms with Gasteiger partial charge in [0.2, 0.25) is 0 Å². The second kappa shape index (κ2) is 5.22. The van der Waals surface area contributed by atoms with Gasteiger partial charge in [0.05, 0.1) is 11.0 Å². The molecule has 1 aliphatic heterocycles.